The molecule has 0 bridgehead atoms. The summed E-state index contributed by atoms with van der Waals surface area (Å²) in [5.74, 6) is 0. The van der Waals surface area contributed by atoms with Crippen LogP contribution < -0.4 is 4.90 Å². The minimum Gasteiger partial charge on any atom is -0.310 e. The smallest absolute Gasteiger partial charge is 0.0625 e. The van der Waals surface area contributed by atoms with E-state index in [1.807, 2.05) is 0 Å². The van der Waals surface area contributed by atoms with Crippen molar-refractivity contribution in [3.05, 3.63) is 205 Å². The zero-order chi connectivity index (χ0) is 36.7. The summed E-state index contributed by atoms with van der Waals surface area (Å²) in [6.45, 7) is 4.72. The van der Waals surface area contributed by atoms with Crippen molar-refractivity contribution in [2.24, 2.45) is 0 Å². The van der Waals surface area contributed by atoms with Gasteiger partial charge in [0.25, 0.3) is 0 Å². The molecule has 260 valence electrons. The minimum atomic E-state index is -0.105. The maximum atomic E-state index is 2.52. The van der Waals surface area contributed by atoms with Crippen LogP contribution in [0.3, 0.4) is 0 Å². The number of nitrogens with zero attached hydrogens (tertiary/aromatic N) is 2. The summed E-state index contributed by atoms with van der Waals surface area (Å²) in [5, 5.41) is 7.41. The molecule has 1 aliphatic carbocycles. The monoisotopic (exact) mass is 702 g/mol. The van der Waals surface area contributed by atoms with Crippen LogP contribution in [-0.4, -0.2) is 4.57 Å². The van der Waals surface area contributed by atoms with Crippen LogP contribution in [0.2, 0.25) is 0 Å². The van der Waals surface area contributed by atoms with Gasteiger partial charge in [0.15, 0.2) is 0 Å². The van der Waals surface area contributed by atoms with E-state index < -0.39 is 0 Å². The molecular formula is C53H38N2. The Labute approximate surface area is 321 Å². The number of aromatic nitrogens is 1. The first kappa shape index (κ1) is 31.6. The van der Waals surface area contributed by atoms with Crippen LogP contribution in [0.1, 0.15) is 25.0 Å². The number of hydrogen-bond acceptors (Lipinski definition) is 1. The highest BCUT2D eigenvalue weighted by atomic mass is 15.1. The average molecular weight is 703 g/mol. The molecule has 2 heteroatoms. The number of hydrogen-bond donors (Lipinski definition) is 0. The standard InChI is InChI=1S/C53H38N2/c1-53(2)47-26-14-13-25-43(47)44-30-28-40(34-48(44)53)54(38-21-7-4-8-22-38)39-29-31-50-46(33-39)51-45(36-16-5-3-6-17-36)32-37-19-10-12-24-42(37)52(51)55(50)49-27-15-20-35-18-9-11-23-41(35)49/h3-34H,1-2H3. The molecule has 55 heavy (non-hydrogen) atoms. The Morgan fingerprint density at radius 3 is 1.89 bits per heavy atom. The lowest BCUT2D eigenvalue weighted by Gasteiger charge is -2.28. The predicted molar refractivity (Wildman–Crippen MR) is 233 cm³/mol. The molecule has 10 aromatic rings. The van der Waals surface area contributed by atoms with E-state index in [-0.39, 0.29) is 5.41 Å². The molecule has 1 heterocycles. The Bertz CT molecular complexity index is 3110. The van der Waals surface area contributed by atoms with E-state index in [9.17, 15) is 0 Å². The zero-order valence-electron chi connectivity index (χ0n) is 30.9. The van der Waals surface area contributed by atoms with Gasteiger partial charge in [0, 0.05) is 44.0 Å². The van der Waals surface area contributed by atoms with Crippen molar-refractivity contribution in [2.45, 2.75) is 19.3 Å². The first-order valence-electron chi connectivity index (χ1n) is 19.2. The molecule has 0 N–H and O–H groups in total. The van der Waals surface area contributed by atoms with Crippen molar-refractivity contribution >= 4 is 60.4 Å². The zero-order valence-corrected chi connectivity index (χ0v) is 30.9. The lowest BCUT2D eigenvalue weighted by molar-refractivity contribution is 0.660. The highest BCUT2D eigenvalue weighted by Gasteiger charge is 2.36. The number of benzene rings is 9. The fourth-order valence-corrected chi connectivity index (χ4v) is 9.37. The SMILES string of the molecule is CC1(C)c2ccccc2-c2ccc(N(c3ccccc3)c3ccc4c(c3)c3c(-c5ccccc5)cc5ccccc5c3n4-c3cccc4ccccc34)cc21. The van der Waals surface area contributed by atoms with Crippen LogP contribution in [0.25, 0.3) is 71.3 Å². The quantitative estimate of drug-likeness (QED) is 0.173. The van der Waals surface area contributed by atoms with Gasteiger partial charge in [-0.05, 0) is 98.8 Å². The lowest BCUT2D eigenvalue weighted by Crippen LogP contribution is -2.16. The largest absolute Gasteiger partial charge is 0.310 e. The van der Waals surface area contributed by atoms with Crippen molar-refractivity contribution in [3.63, 3.8) is 0 Å². The summed E-state index contributed by atoms with van der Waals surface area (Å²) in [4.78, 5) is 2.43. The van der Waals surface area contributed by atoms with Crippen molar-refractivity contribution in [1.82, 2.24) is 4.57 Å². The van der Waals surface area contributed by atoms with E-state index in [0.29, 0.717) is 0 Å². The molecule has 0 saturated heterocycles. The highest BCUT2D eigenvalue weighted by molar-refractivity contribution is 6.25. The third-order valence-electron chi connectivity index (χ3n) is 11.9. The second-order valence-corrected chi connectivity index (χ2v) is 15.3. The van der Waals surface area contributed by atoms with Crippen LogP contribution in [0.15, 0.2) is 194 Å². The summed E-state index contributed by atoms with van der Waals surface area (Å²) < 4.78 is 2.52. The Kier molecular flexibility index (Phi) is 6.93. The van der Waals surface area contributed by atoms with Gasteiger partial charge in [-0.15, -0.1) is 0 Å². The molecule has 11 rings (SSSR count). The van der Waals surface area contributed by atoms with E-state index in [1.165, 1.54) is 82.4 Å². The summed E-state index contributed by atoms with van der Waals surface area (Å²) in [7, 11) is 0. The molecule has 0 radical (unpaired) electrons. The molecule has 0 amide bonds. The third-order valence-corrected chi connectivity index (χ3v) is 11.9. The molecule has 2 nitrogen and oxygen atoms in total. The van der Waals surface area contributed by atoms with Crippen molar-refractivity contribution < 1.29 is 0 Å². The van der Waals surface area contributed by atoms with Gasteiger partial charge < -0.3 is 9.47 Å². The second-order valence-electron chi connectivity index (χ2n) is 15.3. The first-order chi connectivity index (χ1) is 27.1. The fourth-order valence-electron chi connectivity index (χ4n) is 9.37. The van der Waals surface area contributed by atoms with Crippen LogP contribution in [-0.2, 0) is 5.41 Å². The molecule has 9 aromatic carbocycles. The molecule has 0 atom stereocenters. The molecule has 0 aliphatic heterocycles. The number of fused-ring (bicyclic) bond motifs is 9. The molecule has 0 spiro atoms. The Morgan fingerprint density at radius 2 is 1.05 bits per heavy atom. The first-order valence-corrected chi connectivity index (χ1v) is 19.2. The minimum absolute atomic E-state index is 0.105. The van der Waals surface area contributed by atoms with Crippen molar-refractivity contribution in [1.29, 1.82) is 0 Å². The van der Waals surface area contributed by atoms with Gasteiger partial charge in [-0.2, -0.15) is 0 Å². The summed E-state index contributed by atoms with van der Waals surface area (Å²) in [5.41, 5.74) is 14.7. The Balaban J connectivity index is 1.24. The molecule has 0 saturated carbocycles. The van der Waals surface area contributed by atoms with E-state index in [0.717, 1.165) is 17.1 Å². The topological polar surface area (TPSA) is 8.17 Å². The predicted octanol–water partition coefficient (Wildman–Crippen LogP) is 14.5. The summed E-state index contributed by atoms with van der Waals surface area (Å²) >= 11 is 0. The van der Waals surface area contributed by atoms with Gasteiger partial charge in [-0.3, -0.25) is 0 Å². The summed E-state index contributed by atoms with van der Waals surface area (Å²) in [6.07, 6.45) is 0. The lowest BCUT2D eigenvalue weighted by atomic mass is 9.82. The van der Waals surface area contributed by atoms with Gasteiger partial charge in [-0.1, -0.05) is 153 Å². The summed E-state index contributed by atoms with van der Waals surface area (Å²) in [6, 6.07) is 71.4. The van der Waals surface area contributed by atoms with E-state index in [1.54, 1.807) is 0 Å². The molecule has 1 aromatic heterocycles. The molecule has 1 aliphatic rings. The molecule has 0 fully saturated rings. The van der Waals surface area contributed by atoms with Gasteiger partial charge in [0.2, 0.25) is 0 Å². The third kappa shape index (κ3) is 4.74. The van der Waals surface area contributed by atoms with Crippen molar-refractivity contribution in [3.8, 4) is 27.9 Å². The van der Waals surface area contributed by atoms with Crippen LogP contribution in [0.4, 0.5) is 17.1 Å². The van der Waals surface area contributed by atoms with Crippen LogP contribution in [0, 0.1) is 0 Å². The number of rotatable bonds is 5. The highest BCUT2D eigenvalue weighted by Crippen LogP contribution is 2.51. The van der Waals surface area contributed by atoms with E-state index in [4.69, 9.17) is 0 Å². The van der Waals surface area contributed by atoms with Gasteiger partial charge in [-0.25, -0.2) is 0 Å². The maximum absolute atomic E-state index is 2.52. The number of anilines is 3. The number of para-hydroxylation sites is 1. The van der Waals surface area contributed by atoms with Gasteiger partial charge in [0.1, 0.15) is 0 Å². The Morgan fingerprint density at radius 1 is 0.418 bits per heavy atom. The van der Waals surface area contributed by atoms with E-state index in [2.05, 4.69) is 217 Å². The molecule has 0 unspecified atom stereocenters. The average Bonchev–Trinajstić information content (AvgIpc) is 3.70. The second kappa shape index (κ2) is 12.1. The normalized spacial score (nSPS) is 13.1. The van der Waals surface area contributed by atoms with Gasteiger partial charge >= 0.3 is 0 Å². The van der Waals surface area contributed by atoms with Crippen LogP contribution in [0.5, 0.6) is 0 Å². The van der Waals surface area contributed by atoms with Crippen molar-refractivity contribution in [2.75, 3.05) is 4.90 Å². The maximum Gasteiger partial charge on any atom is 0.0625 e. The van der Waals surface area contributed by atoms with E-state index >= 15 is 0 Å². The Hall–Kier alpha value is -6.90. The fraction of sp³-hybridized carbons (Fsp3) is 0.0566. The molecular weight excluding hydrogens is 665 g/mol. The van der Waals surface area contributed by atoms with Crippen LogP contribution >= 0.6 is 0 Å². The van der Waals surface area contributed by atoms with Gasteiger partial charge in [0.05, 0.1) is 16.7 Å².